The van der Waals surface area contributed by atoms with Gasteiger partial charge in [0, 0.05) is 26.6 Å². The number of methoxy groups -OCH3 is 1. The fraction of sp³-hybridized carbons (Fsp3) is 0.0476. The molecule has 0 aliphatic rings. The maximum Gasteiger partial charge on any atom is 0.338 e. The Morgan fingerprint density at radius 3 is 2.29 bits per heavy atom. The molecule has 0 saturated heterocycles. The predicted octanol–water partition coefficient (Wildman–Crippen LogP) is 5.74. The summed E-state index contributed by atoms with van der Waals surface area (Å²) in [7, 11) is 1.27. The van der Waals surface area contributed by atoms with E-state index in [0.717, 1.165) is 9.79 Å². The van der Waals surface area contributed by atoms with Crippen LogP contribution in [0.2, 0.25) is 10.0 Å². The molecule has 0 unspecified atom stereocenters. The number of hydrogen-bond donors (Lipinski definition) is 1. The Balaban J connectivity index is 1.89. The van der Waals surface area contributed by atoms with Gasteiger partial charge in [0.2, 0.25) is 0 Å². The second-order valence-corrected chi connectivity index (χ2v) is 7.73. The van der Waals surface area contributed by atoms with Crippen molar-refractivity contribution >= 4 is 52.4 Å². The molecule has 0 aliphatic carbocycles. The maximum absolute atomic E-state index is 12.9. The number of benzene rings is 3. The van der Waals surface area contributed by atoms with Crippen LogP contribution in [0.3, 0.4) is 0 Å². The molecule has 0 aliphatic heterocycles. The second-order valence-electron chi connectivity index (χ2n) is 5.80. The third-order valence-electron chi connectivity index (χ3n) is 3.97. The van der Waals surface area contributed by atoms with E-state index in [4.69, 9.17) is 33.7 Å². The highest BCUT2D eigenvalue weighted by atomic mass is 35.5. The Kier molecular flexibility index (Phi) is 6.29. The topological polar surface area (TPSA) is 69.4 Å². The van der Waals surface area contributed by atoms with Crippen LogP contribution < -0.4 is 5.73 Å². The van der Waals surface area contributed by atoms with E-state index in [9.17, 15) is 9.59 Å². The fourth-order valence-electron chi connectivity index (χ4n) is 2.57. The van der Waals surface area contributed by atoms with Crippen molar-refractivity contribution < 1.29 is 14.3 Å². The second kappa shape index (κ2) is 8.69. The van der Waals surface area contributed by atoms with E-state index in [1.54, 1.807) is 54.6 Å². The summed E-state index contributed by atoms with van der Waals surface area (Å²) in [5.74, 6) is -0.873. The molecular weight excluding hydrogens is 417 g/mol. The highest BCUT2D eigenvalue weighted by Crippen LogP contribution is 2.36. The lowest BCUT2D eigenvalue weighted by Crippen LogP contribution is -2.11. The van der Waals surface area contributed by atoms with Crippen molar-refractivity contribution in [3.05, 3.63) is 87.4 Å². The van der Waals surface area contributed by atoms with Crippen LogP contribution in [-0.4, -0.2) is 18.9 Å². The first-order valence-corrected chi connectivity index (χ1v) is 9.72. The Morgan fingerprint density at radius 1 is 0.929 bits per heavy atom. The van der Waals surface area contributed by atoms with Crippen LogP contribution in [0.1, 0.15) is 26.3 Å². The largest absolute Gasteiger partial charge is 0.465 e. The summed E-state index contributed by atoms with van der Waals surface area (Å²) in [5.41, 5.74) is 7.45. The van der Waals surface area contributed by atoms with Gasteiger partial charge in [0.25, 0.3) is 0 Å². The number of ether oxygens (including phenoxy) is 1. The smallest absolute Gasteiger partial charge is 0.338 e. The van der Waals surface area contributed by atoms with E-state index in [-0.39, 0.29) is 16.9 Å². The predicted molar refractivity (Wildman–Crippen MR) is 113 cm³/mol. The Labute approximate surface area is 176 Å². The molecule has 0 spiro atoms. The maximum atomic E-state index is 12.9. The highest BCUT2D eigenvalue weighted by Gasteiger charge is 2.19. The molecular formula is C21H15Cl2NO3S. The van der Waals surface area contributed by atoms with Gasteiger partial charge >= 0.3 is 5.97 Å². The normalized spacial score (nSPS) is 10.5. The SMILES string of the molecule is COC(=O)c1ccccc1C(=O)c1ccc(Sc2ccc(Cl)c(Cl)c2)c(N)c1. The van der Waals surface area contributed by atoms with E-state index >= 15 is 0 Å². The van der Waals surface area contributed by atoms with Gasteiger partial charge in [-0.15, -0.1) is 0 Å². The summed E-state index contributed by atoms with van der Waals surface area (Å²) >= 11 is 13.4. The van der Waals surface area contributed by atoms with Gasteiger partial charge in [-0.05, 0) is 42.5 Å². The summed E-state index contributed by atoms with van der Waals surface area (Å²) in [6, 6.07) is 16.8. The molecule has 3 rings (SSSR count). The Hall–Kier alpha value is -2.47. The third kappa shape index (κ3) is 4.33. The first kappa shape index (κ1) is 20.3. The zero-order valence-electron chi connectivity index (χ0n) is 14.7. The molecule has 2 N–H and O–H groups in total. The van der Waals surface area contributed by atoms with E-state index in [0.29, 0.717) is 21.3 Å². The van der Waals surface area contributed by atoms with Crippen molar-refractivity contribution in [1.29, 1.82) is 0 Å². The summed E-state index contributed by atoms with van der Waals surface area (Å²) in [6.07, 6.45) is 0. The minimum atomic E-state index is -0.566. The highest BCUT2D eigenvalue weighted by molar-refractivity contribution is 7.99. The van der Waals surface area contributed by atoms with Gasteiger partial charge in [-0.1, -0.05) is 53.2 Å². The van der Waals surface area contributed by atoms with Gasteiger partial charge in [-0.2, -0.15) is 0 Å². The molecule has 142 valence electrons. The number of esters is 1. The minimum absolute atomic E-state index is 0.211. The van der Waals surface area contributed by atoms with Crippen LogP contribution in [-0.2, 0) is 4.74 Å². The molecule has 0 saturated carbocycles. The number of carbonyl (C=O) groups is 2. The van der Waals surface area contributed by atoms with Gasteiger partial charge in [-0.3, -0.25) is 4.79 Å². The molecule has 3 aromatic carbocycles. The number of anilines is 1. The van der Waals surface area contributed by atoms with E-state index < -0.39 is 5.97 Å². The van der Waals surface area contributed by atoms with Crippen LogP contribution >= 0.6 is 35.0 Å². The average Bonchev–Trinajstić information content (AvgIpc) is 2.71. The Morgan fingerprint density at radius 2 is 1.64 bits per heavy atom. The lowest BCUT2D eigenvalue weighted by molar-refractivity contribution is 0.0597. The number of halogens is 2. The van der Waals surface area contributed by atoms with Crippen molar-refractivity contribution in [2.45, 2.75) is 9.79 Å². The van der Waals surface area contributed by atoms with E-state index in [1.165, 1.54) is 18.9 Å². The van der Waals surface area contributed by atoms with Crippen molar-refractivity contribution in [3.8, 4) is 0 Å². The lowest BCUT2D eigenvalue weighted by Gasteiger charge is -2.10. The third-order valence-corrected chi connectivity index (χ3v) is 5.79. The molecule has 3 aromatic rings. The van der Waals surface area contributed by atoms with Crippen molar-refractivity contribution in [2.24, 2.45) is 0 Å². The van der Waals surface area contributed by atoms with Crippen LogP contribution in [0.4, 0.5) is 5.69 Å². The standard InChI is InChI=1S/C21H15Cl2NO3S/c1-27-21(26)15-5-3-2-4-14(15)20(25)12-6-9-19(18(24)10-12)28-13-7-8-16(22)17(23)11-13/h2-11H,24H2,1H3. The number of hydrogen-bond acceptors (Lipinski definition) is 5. The molecule has 0 amide bonds. The van der Waals surface area contributed by atoms with Gasteiger partial charge in [0.05, 0.1) is 22.7 Å². The summed E-state index contributed by atoms with van der Waals surface area (Å²) < 4.78 is 4.75. The molecule has 0 bridgehead atoms. The van der Waals surface area contributed by atoms with E-state index in [2.05, 4.69) is 0 Å². The molecule has 0 fully saturated rings. The summed E-state index contributed by atoms with van der Waals surface area (Å²) in [4.78, 5) is 26.5. The number of rotatable bonds is 5. The number of nitrogen functional groups attached to an aromatic ring is 1. The molecule has 7 heteroatoms. The number of carbonyl (C=O) groups excluding carboxylic acids is 2. The lowest BCUT2D eigenvalue weighted by atomic mass is 9.98. The fourth-order valence-corrected chi connectivity index (χ4v) is 3.82. The van der Waals surface area contributed by atoms with Crippen LogP contribution in [0, 0.1) is 0 Å². The molecule has 0 heterocycles. The first-order valence-electron chi connectivity index (χ1n) is 8.15. The van der Waals surface area contributed by atoms with Crippen molar-refractivity contribution in [1.82, 2.24) is 0 Å². The zero-order valence-corrected chi connectivity index (χ0v) is 17.1. The van der Waals surface area contributed by atoms with Crippen molar-refractivity contribution in [2.75, 3.05) is 12.8 Å². The van der Waals surface area contributed by atoms with Crippen LogP contribution in [0.15, 0.2) is 70.5 Å². The van der Waals surface area contributed by atoms with Gasteiger partial charge in [0.1, 0.15) is 0 Å². The molecule has 0 atom stereocenters. The van der Waals surface area contributed by atoms with Crippen LogP contribution in [0.25, 0.3) is 0 Å². The average molecular weight is 432 g/mol. The molecule has 4 nitrogen and oxygen atoms in total. The molecule has 0 aromatic heterocycles. The van der Waals surface area contributed by atoms with Crippen molar-refractivity contribution in [3.63, 3.8) is 0 Å². The monoisotopic (exact) mass is 431 g/mol. The number of nitrogens with two attached hydrogens (primary N) is 1. The quantitative estimate of drug-likeness (QED) is 0.316. The number of ketones is 1. The molecule has 0 radical (unpaired) electrons. The summed E-state index contributed by atoms with van der Waals surface area (Å²) in [6.45, 7) is 0. The summed E-state index contributed by atoms with van der Waals surface area (Å²) in [5, 5.41) is 0.931. The van der Waals surface area contributed by atoms with Crippen LogP contribution in [0.5, 0.6) is 0 Å². The van der Waals surface area contributed by atoms with Gasteiger partial charge in [0.15, 0.2) is 5.78 Å². The zero-order chi connectivity index (χ0) is 20.3. The van der Waals surface area contributed by atoms with Gasteiger partial charge in [-0.25, -0.2) is 4.79 Å². The van der Waals surface area contributed by atoms with E-state index in [1.807, 2.05) is 6.07 Å². The Bertz CT molecular complexity index is 1070. The minimum Gasteiger partial charge on any atom is -0.465 e. The molecule has 28 heavy (non-hydrogen) atoms. The van der Waals surface area contributed by atoms with Gasteiger partial charge < -0.3 is 10.5 Å². The first-order chi connectivity index (χ1) is 13.4.